The second-order valence-electron chi connectivity index (χ2n) is 9.09. The van der Waals surface area contributed by atoms with Gasteiger partial charge in [-0.3, -0.25) is 4.79 Å². The van der Waals surface area contributed by atoms with Crippen molar-refractivity contribution in [2.45, 2.75) is 39.7 Å². The van der Waals surface area contributed by atoms with Gasteiger partial charge in [0, 0.05) is 43.0 Å². The van der Waals surface area contributed by atoms with Crippen molar-refractivity contribution in [1.82, 2.24) is 14.5 Å². The summed E-state index contributed by atoms with van der Waals surface area (Å²) in [6, 6.07) is 13.5. The molecule has 1 aliphatic heterocycles. The van der Waals surface area contributed by atoms with E-state index >= 15 is 0 Å². The van der Waals surface area contributed by atoms with Crippen molar-refractivity contribution < 1.29 is 9.18 Å². The van der Waals surface area contributed by atoms with E-state index in [9.17, 15) is 9.18 Å². The molecule has 1 unspecified atom stereocenters. The van der Waals surface area contributed by atoms with E-state index in [-0.39, 0.29) is 5.82 Å². The number of rotatable bonds is 5. The summed E-state index contributed by atoms with van der Waals surface area (Å²) in [6.45, 7) is 6.50. The molecule has 0 radical (unpaired) electrons. The van der Waals surface area contributed by atoms with Gasteiger partial charge in [-0.25, -0.2) is 9.37 Å². The van der Waals surface area contributed by atoms with Crippen molar-refractivity contribution in [3.05, 3.63) is 65.7 Å². The zero-order chi connectivity index (χ0) is 21.5. The van der Waals surface area contributed by atoms with Crippen molar-refractivity contribution in [3.8, 4) is 22.5 Å². The lowest BCUT2D eigenvalue weighted by molar-refractivity contribution is -0.131. The van der Waals surface area contributed by atoms with Crippen molar-refractivity contribution >= 4 is 5.91 Å². The minimum absolute atomic E-state index is 0.179. The van der Waals surface area contributed by atoms with Gasteiger partial charge in [-0.2, -0.15) is 0 Å². The quantitative estimate of drug-likeness (QED) is 0.570. The molecule has 1 saturated heterocycles. The number of carbonyl (C=O) groups excluding carboxylic acids is 1. The third-order valence-electron chi connectivity index (χ3n) is 6.65. The Kier molecular flexibility index (Phi) is 5.12. The van der Waals surface area contributed by atoms with Crippen LogP contribution in [-0.2, 0) is 11.3 Å². The van der Waals surface area contributed by atoms with Crippen LogP contribution in [0.4, 0.5) is 4.39 Å². The van der Waals surface area contributed by atoms with E-state index in [1.54, 1.807) is 6.92 Å². The molecule has 31 heavy (non-hydrogen) atoms. The normalized spacial score (nSPS) is 18.5. The van der Waals surface area contributed by atoms with Crippen LogP contribution in [0.5, 0.6) is 0 Å². The van der Waals surface area contributed by atoms with Gasteiger partial charge in [-0.05, 0) is 67.9 Å². The zero-order valence-electron chi connectivity index (χ0n) is 18.1. The molecule has 0 spiro atoms. The summed E-state index contributed by atoms with van der Waals surface area (Å²) in [5, 5.41) is 0. The molecular formula is C26H28FN3O. The van der Waals surface area contributed by atoms with Crippen LogP contribution in [0, 0.1) is 31.5 Å². The van der Waals surface area contributed by atoms with Crippen LogP contribution in [0.25, 0.3) is 22.5 Å². The highest BCUT2D eigenvalue weighted by molar-refractivity contribution is 5.81. The monoisotopic (exact) mass is 417 g/mol. The number of aromatic nitrogens is 2. The predicted octanol–water partition coefficient (Wildman–Crippen LogP) is 5.23. The highest BCUT2D eigenvalue weighted by atomic mass is 19.1. The Bertz CT molecular complexity index is 1110. The second kappa shape index (κ2) is 7.95. The Hall–Kier alpha value is -2.95. The lowest BCUT2D eigenvalue weighted by atomic mass is 10.0. The summed E-state index contributed by atoms with van der Waals surface area (Å²) in [7, 11) is 0. The number of hydrogen-bond donors (Lipinski definition) is 0. The first kappa shape index (κ1) is 20.0. The van der Waals surface area contributed by atoms with Crippen LogP contribution in [-0.4, -0.2) is 33.4 Å². The highest BCUT2D eigenvalue weighted by Gasteiger charge is 2.36. The van der Waals surface area contributed by atoms with E-state index in [0.717, 1.165) is 67.1 Å². The fraction of sp³-hybridized carbons (Fsp3) is 0.385. The van der Waals surface area contributed by atoms with E-state index in [1.165, 1.54) is 6.07 Å². The molecule has 1 aromatic heterocycles. The van der Waals surface area contributed by atoms with Gasteiger partial charge in [0.25, 0.3) is 0 Å². The predicted molar refractivity (Wildman–Crippen MR) is 120 cm³/mol. The summed E-state index contributed by atoms with van der Waals surface area (Å²) < 4.78 is 15.9. The van der Waals surface area contributed by atoms with E-state index in [4.69, 9.17) is 0 Å². The van der Waals surface area contributed by atoms with Gasteiger partial charge in [0.05, 0.1) is 0 Å². The number of imidazole rings is 1. The van der Waals surface area contributed by atoms with Gasteiger partial charge in [0.2, 0.25) is 5.91 Å². The van der Waals surface area contributed by atoms with Crippen LogP contribution >= 0.6 is 0 Å². The number of aryl methyl sites for hydroxylation is 2. The van der Waals surface area contributed by atoms with Gasteiger partial charge >= 0.3 is 0 Å². The van der Waals surface area contributed by atoms with Crippen LogP contribution in [0.15, 0.2) is 48.7 Å². The zero-order valence-corrected chi connectivity index (χ0v) is 18.1. The molecule has 2 fully saturated rings. The number of carbonyl (C=O) groups is 1. The molecule has 3 aromatic rings. The third-order valence-corrected chi connectivity index (χ3v) is 6.65. The molecule has 4 nitrogen and oxygen atoms in total. The van der Waals surface area contributed by atoms with Crippen LogP contribution in [0.2, 0.25) is 0 Å². The highest BCUT2D eigenvalue weighted by Crippen LogP contribution is 2.33. The number of benzene rings is 2. The first-order valence-electron chi connectivity index (χ1n) is 11.2. The van der Waals surface area contributed by atoms with Crippen molar-refractivity contribution in [1.29, 1.82) is 0 Å². The molecule has 1 aliphatic carbocycles. The van der Waals surface area contributed by atoms with Crippen molar-refractivity contribution in [3.63, 3.8) is 0 Å². The lowest BCUT2D eigenvalue weighted by Crippen LogP contribution is -2.30. The number of likely N-dealkylation sites (tertiary alicyclic amines) is 1. The fourth-order valence-corrected chi connectivity index (χ4v) is 4.59. The standard InChI is InChI=1S/C26H28FN3O/c1-17-13-23(9-10-24(17)27)20-3-5-21(6-4-20)25-28-14-18(2)30(25)16-19-11-12-29(15-19)26(31)22-7-8-22/h3-6,9-10,13-14,19,22H,7-8,11-12,15-16H2,1-2H3. The Morgan fingerprint density at radius 3 is 2.45 bits per heavy atom. The maximum absolute atomic E-state index is 13.6. The summed E-state index contributed by atoms with van der Waals surface area (Å²) in [5.41, 5.74) is 4.93. The largest absolute Gasteiger partial charge is 0.342 e. The molecular weight excluding hydrogens is 389 g/mol. The molecule has 1 atom stereocenters. The van der Waals surface area contributed by atoms with E-state index in [0.29, 0.717) is 23.3 Å². The molecule has 5 rings (SSSR count). The van der Waals surface area contributed by atoms with E-state index < -0.39 is 0 Å². The topological polar surface area (TPSA) is 38.1 Å². The minimum Gasteiger partial charge on any atom is -0.342 e. The van der Waals surface area contributed by atoms with Crippen LogP contribution in [0.1, 0.15) is 30.5 Å². The van der Waals surface area contributed by atoms with Gasteiger partial charge in [-0.1, -0.05) is 30.3 Å². The molecule has 2 aromatic carbocycles. The maximum atomic E-state index is 13.6. The molecule has 0 bridgehead atoms. The van der Waals surface area contributed by atoms with Crippen LogP contribution < -0.4 is 0 Å². The smallest absolute Gasteiger partial charge is 0.225 e. The maximum Gasteiger partial charge on any atom is 0.225 e. The number of amides is 1. The number of hydrogen-bond acceptors (Lipinski definition) is 2. The summed E-state index contributed by atoms with van der Waals surface area (Å²) in [5.74, 6) is 1.91. The van der Waals surface area contributed by atoms with Crippen molar-refractivity contribution in [2.75, 3.05) is 13.1 Å². The lowest BCUT2D eigenvalue weighted by Gasteiger charge is -2.18. The molecule has 0 N–H and O–H groups in total. The Morgan fingerprint density at radius 1 is 1.03 bits per heavy atom. The van der Waals surface area contributed by atoms with Gasteiger partial charge < -0.3 is 9.47 Å². The average molecular weight is 418 g/mol. The molecule has 1 saturated carbocycles. The third kappa shape index (κ3) is 4.01. The molecule has 5 heteroatoms. The number of halogens is 1. The minimum atomic E-state index is -0.179. The molecule has 160 valence electrons. The fourth-order valence-electron chi connectivity index (χ4n) is 4.59. The molecule has 2 aliphatic rings. The summed E-state index contributed by atoms with van der Waals surface area (Å²) >= 11 is 0. The second-order valence-corrected chi connectivity index (χ2v) is 9.09. The Labute approximate surface area is 182 Å². The van der Waals surface area contributed by atoms with Gasteiger partial charge in [0.15, 0.2) is 0 Å². The average Bonchev–Trinajstić information content (AvgIpc) is 3.42. The molecule has 1 amide bonds. The SMILES string of the molecule is Cc1cc(-c2ccc(-c3ncc(C)n3CC3CCN(C(=O)C4CC4)C3)cc2)ccc1F. The first-order chi connectivity index (χ1) is 15.0. The van der Waals surface area contributed by atoms with E-state index in [1.807, 2.05) is 18.3 Å². The van der Waals surface area contributed by atoms with E-state index in [2.05, 4.69) is 45.6 Å². The molecule has 2 heterocycles. The van der Waals surface area contributed by atoms with Gasteiger partial charge in [0.1, 0.15) is 11.6 Å². The Balaban J connectivity index is 1.33. The summed E-state index contributed by atoms with van der Waals surface area (Å²) in [4.78, 5) is 19.1. The Morgan fingerprint density at radius 2 is 1.74 bits per heavy atom. The van der Waals surface area contributed by atoms with Crippen LogP contribution in [0.3, 0.4) is 0 Å². The summed E-state index contributed by atoms with van der Waals surface area (Å²) in [6.07, 6.45) is 5.11. The first-order valence-corrected chi connectivity index (χ1v) is 11.2. The number of nitrogens with zero attached hydrogens (tertiary/aromatic N) is 3. The van der Waals surface area contributed by atoms with Gasteiger partial charge in [-0.15, -0.1) is 0 Å². The van der Waals surface area contributed by atoms with Crippen molar-refractivity contribution in [2.24, 2.45) is 11.8 Å².